The molecular formula is C26H33N3O7. The molecule has 0 saturated carbocycles. The Kier molecular flexibility index (Phi) is 9.93. The molecule has 1 fully saturated rings. The first-order valence-electron chi connectivity index (χ1n) is 12.0. The van der Waals surface area contributed by atoms with Gasteiger partial charge in [-0.15, -0.1) is 0 Å². The molecule has 1 aliphatic heterocycles. The summed E-state index contributed by atoms with van der Waals surface area (Å²) in [7, 11) is 0. The number of hydrogen-bond donors (Lipinski definition) is 2. The van der Waals surface area contributed by atoms with Crippen LogP contribution in [-0.4, -0.2) is 70.5 Å². The lowest BCUT2D eigenvalue weighted by molar-refractivity contribution is -0.146. The van der Waals surface area contributed by atoms with Gasteiger partial charge >= 0.3 is 5.97 Å². The van der Waals surface area contributed by atoms with Crippen LogP contribution in [-0.2, 0) is 19.1 Å². The summed E-state index contributed by atoms with van der Waals surface area (Å²) in [5.74, 6) is -0.587. The van der Waals surface area contributed by atoms with Crippen molar-refractivity contribution in [3.8, 4) is 11.5 Å². The van der Waals surface area contributed by atoms with Gasteiger partial charge in [-0.1, -0.05) is 17.7 Å². The van der Waals surface area contributed by atoms with E-state index in [1.807, 2.05) is 32.9 Å². The zero-order chi connectivity index (χ0) is 25.9. The molecule has 36 heavy (non-hydrogen) atoms. The number of nitrogens with zero attached hydrogens (tertiary/aromatic N) is 1. The molecule has 3 rings (SSSR count). The number of aryl methyl sites for hydroxylation is 1. The first-order chi connectivity index (χ1) is 17.4. The number of rotatable bonds is 11. The van der Waals surface area contributed by atoms with Crippen molar-refractivity contribution in [2.75, 3.05) is 62.9 Å². The Bertz CT molecular complexity index is 1070. The van der Waals surface area contributed by atoms with Crippen LogP contribution < -0.4 is 25.0 Å². The van der Waals surface area contributed by atoms with Crippen LogP contribution in [0.1, 0.15) is 29.8 Å². The van der Waals surface area contributed by atoms with Gasteiger partial charge in [-0.2, -0.15) is 0 Å². The Morgan fingerprint density at radius 3 is 2.42 bits per heavy atom. The van der Waals surface area contributed by atoms with Gasteiger partial charge in [0.2, 0.25) is 0 Å². The largest absolute Gasteiger partial charge is 0.492 e. The zero-order valence-electron chi connectivity index (χ0n) is 20.9. The van der Waals surface area contributed by atoms with Gasteiger partial charge in [-0.05, 0) is 32.9 Å². The summed E-state index contributed by atoms with van der Waals surface area (Å²) in [5, 5.41) is 5.21. The van der Waals surface area contributed by atoms with Gasteiger partial charge in [-0.3, -0.25) is 14.4 Å². The second-order valence-corrected chi connectivity index (χ2v) is 8.04. The van der Waals surface area contributed by atoms with E-state index in [2.05, 4.69) is 15.5 Å². The number of amides is 2. The molecule has 0 spiro atoms. The van der Waals surface area contributed by atoms with Crippen LogP contribution >= 0.6 is 0 Å². The molecule has 0 aromatic heterocycles. The van der Waals surface area contributed by atoms with Crippen molar-refractivity contribution >= 4 is 29.2 Å². The summed E-state index contributed by atoms with van der Waals surface area (Å²) in [6, 6.07) is 10.5. The fraction of sp³-hybridized carbons (Fsp3) is 0.423. The van der Waals surface area contributed by atoms with Gasteiger partial charge in [0.05, 0.1) is 37.8 Å². The van der Waals surface area contributed by atoms with Crippen molar-refractivity contribution in [1.82, 2.24) is 5.32 Å². The van der Waals surface area contributed by atoms with E-state index in [9.17, 15) is 14.4 Å². The van der Waals surface area contributed by atoms with E-state index in [0.717, 1.165) is 11.3 Å². The van der Waals surface area contributed by atoms with Crippen LogP contribution in [0, 0.1) is 6.92 Å². The summed E-state index contributed by atoms with van der Waals surface area (Å²) in [4.78, 5) is 38.9. The predicted molar refractivity (Wildman–Crippen MR) is 135 cm³/mol. The number of nitrogens with one attached hydrogen (secondary N) is 2. The molecule has 2 amide bonds. The average Bonchev–Trinajstić information content (AvgIpc) is 2.88. The number of morpholine rings is 1. The summed E-state index contributed by atoms with van der Waals surface area (Å²) >= 11 is 0. The summed E-state index contributed by atoms with van der Waals surface area (Å²) in [6.45, 7) is 8.25. The molecule has 0 radical (unpaired) electrons. The molecule has 0 unspecified atom stereocenters. The second kappa shape index (κ2) is 13.3. The average molecular weight is 500 g/mol. The van der Waals surface area contributed by atoms with Gasteiger partial charge in [0.15, 0.2) is 6.61 Å². The third-order valence-electron chi connectivity index (χ3n) is 5.32. The van der Waals surface area contributed by atoms with Crippen LogP contribution in [0.2, 0.25) is 0 Å². The van der Waals surface area contributed by atoms with Crippen LogP contribution in [0.4, 0.5) is 11.4 Å². The highest BCUT2D eigenvalue weighted by Gasteiger charge is 2.21. The van der Waals surface area contributed by atoms with Crippen molar-refractivity contribution in [2.24, 2.45) is 0 Å². The van der Waals surface area contributed by atoms with Crippen molar-refractivity contribution in [2.45, 2.75) is 20.8 Å². The predicted octanol–water partition coefficient (Wildman–Crippen LogP) is 2.54. The van der Waals surface area contributed by atoms with E-state index in [0.29, 0.717) is 62.3 Å². The Morgan fingerprint density at radius 2 is 1.72 bits per heavy atom. The molecule has 194 valence electrons. The van der Waals surface area contributed by atoms with E-state index in [4.69, 9.17) is 18.9 Å². The van der Waals surface area contributed by atoms with Crippen LogP contribution in [0.25, 0.3) is 0 Å². The molecule has 1 aliphatic rings. The number of ether oxygens (including phenoxy) is 4. The Morgan fingerprint density at radius 1 is 1.00 bits per heavy atom. The number of hydrogen-bond acceptors (Lipinski definition) is 8. The number of carbonyl (C=O) groups excluding carboxylic acids is 3. The number of benzene rings is 2. The van der Waals surface area contributed by atoms with E-state index >= 15 is 0 Å². The van der Waals surface area contributed by atoms with Gasteiger partial charge in [0.1, 0.15) is 18.0 Å². The van der Waals surface area contributed by atoms with Gasteiger partial charge in [0, 0.05) is 30.8 Å². The Balaban J connectivity index is 1.59. The standard InChI is InChI=1S/C26H33N3O7/c1-4-34-22-15-21(29-9-11-33-12-10-29)23(35-5-2)14-20(22)28-24(30)17-36-25(31)16-27-26(32)19-8-6-7-18(3)13-19/h6-8,13-15H,4-5,9-12,16-17H2,1-3H3,(H,27,32)(H,28,30). The fourth-order valence-electron chi connectivity index (χ4n) is 3.67. The summed E-state index contributed by atoms with van der Waals surface area (Å²) in [5.41, 5.74) is 2.64. The molecule has 10 heteroatoms. The number of carbonyl (C=O) groups is 3. The van der Waals surface area contributed by atoms with E-state index in [-0.39, 0.29) is 6.54 Å². The van der Waals surface area contributed by atoms with Crippen molar-refractivity contribution < 1.29 is 33.3 Å². The third kappa shape index (κ3) is 7.61. The normalized spacial score (nSPS) is 13.0. The molecule has 0 aliphatic carbocycles. The molecule has 1 heterocycles. The Labute approximate surface area is 210 Å². The molecule has 0 bridgehead atoms. The Hall–Kier alpha value is -3.79. The van der Waals surface area contributed by atoms with Crippen molar-refractivity contribution in [3.63, 3.8) is 0 Å². The van der Waals surface area contributed by atoms with Crippen LogP contribution in [0.5, 0.6) is 11.5 Å². The van der Waals surface area contributed by atoms with Crippen LogP contribution in [0.3, 0.4) is 0 Å². The quantitative estimate of drug-likeness (QED) is 0.454. The molecule has 2 aromatic carbocycles. The molecule has 2 N–H and O–H groups in total. The maximum atomic E-state index is 12.5. The SMILES string of the molecule is CCOc1cc(N2CCOCC2)c(OCC)cc1NC(=O)COC(=O)CNC(=O)c1cccc(C)c1. The summed E-state index contributed by atoms with van der Waals surface area (Å²) in [6.07, 6.45) is 0. The molecule has 2 aromatic rings. The minimum Gasteiger partial charge on any atom is -0.492 e. The lowest BCUT2D eigenvalue weighted by Gasteiger charge is -2.31. The highest BCUT2D eigenvalue weighted by atomic mass is 16.5. The summed E-state index contributed by atoms with van der Waals surface area (Å²) < 4.78 is 22.1. The maximum Gasteiger partial charge on any atom is 0.325 e. The van der Waals surface area contributed by atoms with E-state index in [1.165, 1.54) is 0 Å². The van der Waals surface area contributed by atoms with E-state index in [1.54, 1.807) is 24.3 Å². The van der Waals surface area contributed by atoms with Crippen LogP contribution in [0.15, 0.2) is 36.4 Å². The van der Waals surface area contributed by atoms with Crippen molar-refractivity contribution in [3.05, 3.63) is 47.5 Å². The first kappa shape index (κ1) is 26.8. The van der Waals surface area contributed by atoms with Gasteiger partial charge in [0.25, 0.3) is 11.8 Å². The first-order valence-corrected chi connectivity index (χ1v) is 12.0. The monoisotopic (exact) mass is 499 g/mol. The fourth-order valence-corrected chi connectivity index (χ4v) is 3.67. The smallest absolute Gasteiger partial charge is 0.325 e. The molecule has 10 nitrogen and oxygen atoms in total. The molecule has 0 atom stereocenters. The minimum atomic E-state index is -0.728. The zero-order valence-corrected chi connectivity index (χ0v) is 20.9. The number of anilines is 2. The lowest BCUT2D eigenvalue weighted by Crippen LogP contribution is -2.36. The maximum absolute atomic E-state index is 12.5. The van der Waals surface area contributed by atoms with Gasteiger partial charge in [-0.25, -0.2) is 0 Å². The van der Waals surface area contributed by atoms with E-state index < -0.39 is 24.4 Å². The minimum absolute atomic E-state index is 0.354. The highest BCUT2D eigenvalue weighted by Crippen LogP contribution is 2.39. The lowest BCUT2D eigenvalue weighted by atomic mass is 10.1. The topological polar surface area (TPSA) is 115 Å². The molecule has 1 saturated heterocycles. The second-order valence-electron chi connectivity index (χ2n) is 8.04. The number of esters is 1. The van der Waals surface area contributed by atoms with Gasteiger partial charge < -0.3 is 34.5 Å². The molecular weight excluding hydrogens is 466 g/mol. The third-order valence-corrected chi connectivity index (χ3v) is 5.32. The van der Waals surface area contributed by atoms with Crippen molar-refractivity contribution in [1.29, 1.82) is 0 Å². The highest BCUT2D eigenvalue weighted by molar-refractivity contribution is 5.97.